The van der Waals surface area contributed by atoms with Crippen LogP contribution in [0.3, 0.4) is 0 Å². The monoisotopic (exact) mass is 177 g/mol. The third-order valence-corrected chi connectivity index (χ3v) is 1.88. The van der Waals surface area contributed by atoms with Crippen LogP contribution in [0.2, 0.25) is 0 Å². The Morgan fingerprint density at radius 2 is 1.83 bits per heavy atom. The second-order valence-corrected chi connectivity index (χ2v) is 2.72. The van der Waals surface area contributed by atoms with E-state index in [4.69, 9.17) is 20.4 Å². The Morgan fingerprint density at radius 3 is 2.33 bits per heavy atom. The van der Waals surface area contributed by atoms with Crippen molar-refractivity contribution in [2.75, 3.05) is 6.61 Å². The van der Waals surface area contributed by atoms with Gasteiger partial charge in [0.2, 0.25) is 0 Å². The maximum atomic E-state index is 10.8. The van der Waals surface area contributed by atoms with E-state index in [1.54, 1.807) is 0 Å². The van der Waals surface area contributed by atoms with Crippen LogP contribution in [0.5, 0.6) is 0 Å². The van der Waals surface area contributed by atoms with Crippen molar-refractivity contribution in [3.8, 4) is 0 Å². The van der Waals surface area contributed by atoms with Crippen LogP contribution < -0.4 is 5.32 Å². The Kier molecular flexibility index (Phi) is 2.63. The number of nitrogens with one attached hydrogen (secondary N) is 1. The molecule has 5 N–H and O–H groups in total. The van der Waals surface area contributed by atoms with Gasteiger partial charge in [0, 0.05) is 0 Å². The molecule has 6 heteroatoms. The predicted octanol–water partition coefficient (Wildman–Crippen LogP) is -3.44. The average molecular weight is 177 g/mol. The zero-order valence-corrected chi connectivity index (χ0v) is 6.21. The number of aliphatic hydroxyl groups excluding tert-OH is 4. The summed E-state index contributed by atoms with van der Waals surface area (Å²) in [6, 6.07) is -0.907. The first-order valence-corrected chi connectivity index (χ1v) is 3.53. The summed E-state index contributed by atoms with van der Waals surface area (Å²) in [6.07, 6.45) is -4.48. The summed E-state index contributed by atoms with van der Waals surface area (Å²) in [7, 11) is 0. The van der Waals surface area contributed by atoms with E-state index in [0.717, 1.165) is 0 Å². The molecule has 0 unspecified atom stereocenters. The first kappa shape index (κ1) is 9.40. The van der Waals surface area contributed by atoms with Crippen molar-refractivity contribution in [3.05, 3.63) is 0 Å². The number of carbonyl (C=O) groups is 1. The highest BCUT2D eigenvalue weighted by molar-refractivity contribution is 5.82. The van der Waals surface area contributed by atoms with Gasteiger partial charge in [-0.05, 0) is 0 Å². The van der Waals surface area contributed by atoms with Gasteiger partial charge in [0.15, 0.2) is 6.10 Å². The second kappa shape index (κ2) is 3.36. The van der Waals surface area contributed by atoms with Crippen molar-refractivity contribution in [2.45, 2.75) is 24.4 Å². The molecule has 12 heavy (non-hydrogen) atoms. The third kappa shape index (κ3) is 1.42. The number of hydrogen-bond donors (Lipinski definition) is 5. The molecule has 0 radical (unpaired) electrons. The minimum Gasteiger partial charge on any atom is -0.394 e. The molecule has 4 atom stereocenters. The highest BCUT2D eigenvalue weighted by Gasteiger charge is 2.40. The van der Waals surface area contributed by atoms with Crippen molar-refractivity contribution in [2.24, 2.45) is 0 Å². The molecule has 0 aliphatic carbocycles. The number of hydrogen-bond acceptors (Lipinski definition) is 5. The summed E-state index contributed by atoms with van der Waals surface area (Å²) in [5.74, 6) is -0.785. The lowest BCUT2D eigenvalue weighted by Gasteiger charge is -2.34. The van der Waals surface area contributed by atoms with Gasteiger partial charge in [0.25, 0.3) is 5.91 Å². The van der Waals surface area contributed by atoms with Gasteiger partial charge in [-0.25, -0.2) is 0 Å². The number of piperidine rings is 1. The molecule has 0 spiro atoms. The number of carbonyl (C=O) groups excluding carboxylic acids is 1. The van der Waals surface area contributed by atoms with Crippen LogP contribution in [-0.4, -0.2) is 57.3 Å². The lowest BCUT2D eigenvalue weighted by atomic mass is 9.96. The van der Waals surface area contributed by atoms with Gasteiger partial charge in [0.05, 0.1) is 12.6 Å². The molecule has 70 valence electrons. The minimum absolute atomic E-state index is 0.476. The molecule has 0 aromatic rings. The summed E-state index contributed by atoms with van der Waals surface area (Å²) in [6.45, 7) is -0.476. The van der Waals surface area contributed by atoms with Crippen molar-refractivity contribution >= 4 is 5.91 Å². The smallest absolute Gasteiger partial charge is 0.252 e. The van der Waals surface area contributed by atoms with Crippen LogP contribution in [0.1, 0.15) is 0 Å². The van der Waals surface area contributed by atoms with Crippen molar-refractivity contribution in [1.29, 1.82) is 0 Å². The summed E-state index contributed by atoms with van der Waals surface area (Å²) in [5.41, 5.74) is 0. The van der Waals surface area contributed by atoms with E-state index in [0.29, 0.717) is 0 Å². The molecular formula is C6H11NO5. The molecule has 0 bridgehead atoms. The van der Waals surface area contributed by atoms with Gasteiger partial charge < -0.3 is 25.7 Å². The van der Waals surface area contributed by atoms with E-state index in [9.17, 15) is 4.79 Å². The second-order valence-electron chi connectivity index (χ2n) is 2.72. The lowest BCUT2D eigenvalue weighted by Crippen LogP contribution is -2.63. The summed E-state index contributed by atoms with van der Waals surface area (Å²) >= 11 is 0. The van der Waals surface area contributed by atoms with E-state index in [1.807, 2.05) is 0 Å². The van der Waals surface area contributed by atoms with Gasteiger partial charge in [-0.3, -0.25) is 4.79 Å². The Morgan fingerprint density at radius 1 is 1.25 bits per heavy atom. The number of aliphatic hydroxyl groups is 4. The normalized spacial score (nSPS) is 42.5. The maximum absolute atomic E-state index is 10.8. The topological polar surface area (TPSA) is 110 Å². The van der Waals surface area contributed by atoms with Gasteiger partial charge in [0.1, 0.15) is 12.2 Å². The quantitative estimate of drug-likeness (QED) is 0.286. The molecule has 1 saturated heterocycles. The first-order chi connectivity index (χ1) is 5.57. The molecule has 0 aromatic heterocycles. The summed E-state index contributed by atoms with van der Waals surface area (Å²) in [5, 5.41) is 37.9. The van der Waals surface area contributed by atoms with Crippen LogP contribution in [0.25, 0.3) is 0 Å². The van der Waals surface area contributed by atoms with Crippen molar-refractivity contribution in [1.82, 2.24) is 5.32 Å². The summed E-state index contributed by atoms with van der Waals surface area (Å²) < 4.78 is 0. The molecule has 1 fully saturated rings. The zero-order valence-electron chi connectivity index (χ0n) is 6.21. The largest absolute Gasteiger partial charge is 0.394 e. The van der Waals surface area contributed by atoms with Crippen LogP contribution in [0, 0.1) is 0 Å². The Bertz CT molecular complexity index is 183. The lowest BCUT2D eigenvalue weighted by molar-refractivity contribution is -0.155. The van der Waals surface area contributed by atoms with E-state index in [1.165, 1.54) is 0 Å². The van der Waals surface area contributed by atoms with Crippen LogP contribution in [0.15, 0.2) is 0 Å². The number of amides is 1. The standard InChI is InChI=1S/C6H11NO5/c8-1-2-3(9)4(10)5(11)6(12)7-2/h2-5,8-11H,1H2,(H,7,12)/t2-,3-,4-,5+/m1/s1. The van der Waals surface area contributed by atoms with Crippen LogP contribution in [0.4, 0.5) is 0 Å². The fraction of sp³-hybridized carbons (Fsp3) is 0.833. The van der Waals surface area contributed by atoms with E-state index < -0.39 is 36.9 Å². The van der Waals surface area contributed by atoms with Gasteiger partial charge >= 0.3 is 0 Å². The van der Waals surface area contributed by atoms with Gasteiger partial charge in [-0.15, -0.1) is 0 Å². The van der Waals surface area contributed by atoms with Crippen LogP contribution in [-0.2, 0) is 4.79 Å². The summed E-state index contributed by atoms with van der Waals surface area (Å²) in [4.78, 5) is 10.8. The van der Waals surface area contributed by atoms with Crippen LogP contribution >= 0.6 is 0 Å². The zero-order chi connectivity index (χ0) is 9.30. The molecular weight excluding hydrogens is 166 g/mol. The fourth-order valence-electron chi connectivity index (χ4n) is 1.09. The highest BCUT2D eigenvalue weighted by atomic mass is 16.4. The van der Waals surface area contributed by atoms with E-state index >= 15 is 0 Å². The molecule has 0 aromatic carbocycles. The van der Waals surface area contributed by atoms with Gasteiger partial charge in [-0.2, -0.15) is 0 Å². The number of rotatable bonds is 1. The Labute approximate surface area is 68.4 Å². The molecule has 6 nitrogen and oxygen atoms in total. The SMILES string of the molecule is O=C1N[C@H](CO)[C@@H](O)[C@@H](O)[C@@H]1O. The van der Waals surface area contributed by atoms with Crippen molar-refractivity contribution < 1.29 is 25.2 Å². The molecule has 1 aliphatic rings. The maximum Gasteiger partial charge on any atom is 0.252 e. The third-order valence-electron chi connectivity index (χ3n) is 1.88. The molecule has 1 amide bonds. The Hall–Kier alpha value is -0.690. The molecule has 1 heterocycles. The van der Waals surface area contributed by atoms with Gasteiger partial charge in [-0.1, -0.05) is 0 Å². The molecule has 1 rings (SSSR count). The van der Waals surface area contributed by atoms with E-state index in [2.05, 4.69) is 5.32 Å². The minimum atomic E-state index is -1.62. The van der Waals surface area contributed by atoms with E-state index in [-0.39, 0.29) is 0 Å². The first-order valence-electron chi connectivity index (χ1n) is 3.53. The average Bonchev–Trinajstić information content (AvgIpc) is 2.08. The molecule has 1 aliphatic heterocycles. The predicted molar refractivity (Wildman–Crippen MR) is 37.0 cm³/mol. The van der Waals surface area contributed by atoms with Crippen molar-refractivity contribution in [3.63, 3.8) is 0 Å². The highest BCUT2D eigenvalue weighted by Crippen LogP contribution is 2.10. The Balaban J connectivity index is 2.70. The molecule has 0 saturated carbocycles. The fourth-order valence-corrected chi connectivity index (χ4v) is 1.09.